The van der Waals surface area contributed by atoms with Crippen LogP contribution in [0, 0.1) is 11.8 Å². The van der Waals surface area contributed by atoms with Crippen LogP contribution in [0.1, 0.15) is 28.7 Å². The summed E-state index contributed by atoms with van der Waals surface area (Å²) in [5.41, 5.74) is 4.58. The molecule has 0 N–H and O–H groups in total. The van der Waals surface area contributed by atoms with Crippen molar-refractivity contribution in [1.29, 1.82) is 0 Å². The molecular formula is C18H15BrO. The lowest BCUT2D eigenvalue weighted by Gasteiger charge is -2.20. The highest BCUT2D eigenvalue weighted by molar-refractivity contribution is 9.08. The number of alkyl halides is 1. The summed E-state index contributed by atoms with van der Waals surface area (Å²) in [6, 6.07) is 14.4. The van der Waals surface area contributed by atoms with Gasteiger partial charge in [-0.15, -0.1) is 0 Å². The molecule has 1 heterocycles. The van der Waals surface area contributed by atoms with Crippen LogP contribution in [0.15, 0.2) is 42.5 Å². The number of benzene rings is 2. The number of ether oxygens (including phenoxy) is 1. The summed E-state index contributed by atoms with van der Waals surface area (Å²) < 4.78 is 5.79. The molecule has 2 heteroatoms. The molecule has 0 amide bonds. The van der Waals surface area contributed by atoms with Crippen LogP contribution in [0.25, 0.3) is 0 Å². The maximum Gasteiger partial charge on any atom is 0.126 e. The smallest absolute Gasteiger partial charge is 0.126 e. The molecular weight excluding hydrogens is 312 g/mol. The molecule has 2 aromatic carbocycles. The minimum absolute atomic E-state index is 0.802. The zero-order valence-corrected chi connectivity index (χ0v) is 12.7. The SMILES string of the molecule is BrCc1cc(C#Cc2ccccc2)cc2c1OCCC2. The number of hydrogen-bond donors (Lipinski definition) is 0. The van der Waals surface area contributed by atoms with E-state index >= 15 is 0 Å². The van der Waals surface area contributed by atoms with E-state index in [1.165, 1.54) is 11.1 Å². The first kappa shape index (κ1) is 13.3. The third-order valence-corrected chi connectivity index (χ3v) is 3.95. The zero-order valence-electron chi connectivity index (χ0n) is 11.2. The number of hydrogen-bond acceptors (Lipinski definition) is 1. The first-order chi connectivity index (χ1) is 9.86. The van der Waals surface area contributed by atoms with Crippen LogP contribution in [0.2, 0.25) is 0 Å². The molecule has 0 saturated carbocycles. The van der Waals surface area contributed by atoms with Gasteiger partial charge < -0.3 is 4.74 Å². The molecule has 1 aliphatic heterocycles. The van der Waals surface area contributed by atoms with Crippen molar-refractivity contribution in [3.05, 3.63) is 64.7 Å². The summed E-state index contributed by atoms with van der Waals surface area (Å²) >= 11 is 3.54. The molecule has 0 saturated heterocycles. The quantitative estimate of drug-likeness (QED) is 0.560. The molecule has 3 rings (SSSR count). The zero-order chi connectivity index (χ0) is 13.8. The Labute approximate surface area is 128 Å². The van der Waals surface area contributed by atoms with Crippen molar-refractivity contribution in [3.8, 4) is 17.6 Å². The van der Waals surface area contributed by atoms with E-state index in [2.05, 4.69) is 39.9 Å². The molecule has 0 aliphatic carbocycles. The third kappa shape index (κ3) is 2.89. The van der Waals surface area contributed by atoms with Crippen molar-refractivity contribution in [2.45, 2.75) is 18.2 Å². The molecule has 0 bridgehead atoms. The summed E-state index contributed by atoms with van der Waals surface area (Å²) in [5.74, 6) is 7.53. The summed E-state index contributed by atoms with van der Waals surface area (Å²) in [4.78, 5) is 0. The molecule has 100 valence electrons. The molecule has 0 atom stereocenters. The van der Waals surface area contributed by atoms with Crippen LogP contribution in [-0.2, 0) is 11.8 Å². The molecule has 0 aromatic heterocycles. The molecule has 1 aliphatic rings. The van der Waals surface area contributed by atoms with Crippen LogP contribution in [0.4, 0.5) is 0 Å². The van der Waals surface area contributed by atoms with E-state index in [0.29, 0.717) is 0 Å². The van der Waals surface area contributed by atoms with Gasteiger partial charge in [0, 0.05) is 22.0 Å². The molecule has 20 heavy (non-hydrogen) atoms. The summed E-state index contributed by atoms with van der Waals surface area (Å²) in [5, 5.41) is 0.802. The second-order valence-corrected chi connectivity index (χ2v) is 5.39. The van der Waals surface area contributed by atoms with E-state index in [1.54, 1.807) is 0 Å². The number of fused-ring (bicyclic) bond motifs is 1. The Kier molecular flexibility index (Phi) is 4.08. The van der Waals surface area contributed by atoms with Crippen molar-refractivity contribution in [2.75, 3.05) is 6.61 Å². The Morgan fingerprint density at radius 2 is 1.85 bits per heavy atom. The summed E-state index contributed by atoms with van der Waals surface area (Å²) in [6.07, 6.45) is 2.17. The standard InChI is InChI=1S/C18H15BrO/c19-13-17-12-15(9-8-14-5-2-1-3-6-14)11-16-7-4-10-20-18(16)17/h1-3,5-6,11-12H,4,7,10,13H2. The second kappa shape index (κ2) is 6.15. The topological polar surface area (TPSA) is 9.23 Å². The van der Waals surface area contributed by atoms with Gasteiger partial charge in [0.2, 0.25) is 0 Å². The normalized spacial score (nSPS) is 12.8. The number of halogens is 1. The molecule has 2 aromatic rings. The van der Waals surface area contributed by atoms with Crippen LogP contribution in [0.5, 0.6) is 5.75 Å². The molecule has 0 radical (unpaired) electrons. The van der Waals surface area contributed by atoms with Crippen molar-refractivity contribution >= 4 is 15.9 Å². The van der Waals surface area contributed by atoms with E-state index in [1.807, 2.05) is 30.3 Å². The Hall–Kier alpha value is -1.72. The van der Waals surface area contributed by atoms with Crippen molar-refractivity contribution < 1.29 is 4.74 Å². The Morgan fingerprint density at radius 3 is 2.65 bits per heavy atom. The monoisotopic (exact) mass is 326 g/mol. The van der Waals surface area contributed by atoms with Gasteiger partial charge >= 0.3 is 0 Å². The second-order valence-electron chi connectivity index (χ2n) is 4.83. The van der Waals surface area contributed by atoms with Crippen molar-refractivity contribution in [2.24, 2.45) is 0 Å². The maximum absolute atomic E-state index is 5.79. The molecule has 0 fully saturated rings. The number of aryl methyl sites for hydroxylation is 1. The fraction of sp³-hybridized carbons (Fsp3) is 0.222. The summed E-state index contributed by atoms with van der Waals surface area (Å²) in [6.45, 7) is 0.821. The van der Waals surface area contributed by atoms with E-state index in [4.69, 9.17) is 4.74 Å². The lowest BCUT2D eigenvalue weighted by Crippen LogP contribution is -2.10. The molecule has 0 unspecified atom stereocenters. The van der Waals surface area contributed by atoms with Gasteiger partial charge in [-0.05, 0) is 42.7 Å². The lowest BCUT2D eigenvalue weighted by molar-refractivity contribution is 0.286. The number of rotatable bonds is 1. The highest BCUT2D eigenvalue weighted by atomic mass is 79.9. The predicted octanol–water partition coefficient (Wildman–Crippen LogP) is 4.31. The maximum atomic E-state index is 5.79. The Balaban J connectivity index is 1.97. The predicted molar refractivity (Wildman–Crippen MR) is 85.3 cm³/mol. The van der Waals surface area contributed by atoms with Crippen LogP contribution < -0.4 is 4.74 Å². The van der Waals surface area contributed by atoms with Crippen molar-refractivity contribution in [1.82, 2.24) is 0 Å². The first-order valence-corrected chi connectivity index (χ1v) is 7.90. The van der Waals surface area contributed by atoms with Gasteiger partial charge in [-0.25, -0.2) is 0 Å². The summed E-state index contributed by atoms with van der Waals surface area (Å²) in [7, 11) is 0. The largest absolute Gasteiger partial charge is 0.493 e. The first-order valence-electron chi connectivity index (χ1n) is 6.78. The van der Waals surface area contributed by atoms with Crippen LogP contribution >= 0.6 is 15.9 Å². The average Bonchev–Trinajstić information content (AvgIpc) is 2.53. The van der Waals surface area contributed by atoms with Crippen LogP contribution in [-0.4, -0.2) is 6.61 Å². The van der Waals surface area contributed by atoms with Gasteiger partial charge in [0.15, 0.2) is 0 Å². The van der Waals surface area contributed by atoms with E-state index in [0.717, 1.165) is 41.7 Å². The fourth-order valence-electron chi connectivity index (χ4n) is 2.40. The van der Waals surface area contributed by atoms with Gasteiger partial charge in [-0.1, -0.05) is 46.0 Å². The van der Waals surface area contributed by atoms with E-state index in [9.17, 15) is 0 Å². The van der Waals surface area contributed by atoms with Crippen molar-refractivity contribution in [3.63, 3.8) is 0 Å². The van der Waals surface area contributed by atoms with Crippen LogP contribution in [0.3, 0.4) is 0 Å². The third-order valence-electron chi connectivity index (χ3n) is 3.35. The molecule has 1 nitrogen and oxygen atoms in total. The highest BCUT2D eigenvalue weighted by Crippen LogP contribution is 2.31. The molecule has 0 spiro atoms. The van der Waals surface area contributed by atoms with Gasteiger partial charge in [-0.2, -0.15) is 0 Å². The average molecular weight is 327 g/mol. The minimum atomic E-state index is 0.802. The van der Waals surface area contributed by atoms with E-state index < -0.39 is 0 Å². The fourth-order valence-corrected chi connectivity index (χ4v) is 2.82. The minimum Gasteiger partial charge on any atom is -0.493 e. The van der Waals surface area contributed by atoms with Gasteiger partial charge in [0.1, 0.15) is 5.75 Å². The van der Waals surface area contributed by atoms with Gasteiger partial charge in [0.05, 0.1) is 6.61 Å². The van der Waals surface area contributed by atoms with Gasteiger partial charge in [0.25, 0.3) is 0 Å². The van der Waals surface area contributed by atoms with E-state index in [-0.39, 0.29) is 0 Å². The highest BCUT2D eigenvalue weighted by Gasteiger charge is 2.15. The van der Waals surface area contributed by atoms with Gasteiger partial charge in [-0.3, -0.25) is 0 Å². The Morgan fingerprint density at radius 1 is 1.05 bits per heavy atom. The lowest BCUT2D eigenvalue weighted by atomic mass is 9.99. The Bertz CT molecular complexity index is 648.